The minimum atomic E-state index is -0.991. The van der Waals surface area contributed by atoms with Crippen molar-refractivity contribution < 1.29 is 36.6 Å². The van der Waals surface area contributed by atoms with Crippen LogP contribution in [0.5, 0.6) is 5.88 Å². The van der Waals surface area contributed by atoms with E-state index in [0.29, 0.717) is 115 Å². The van der Waals surface area contributed by atoms with Crippen molar-refractivity contribution in [1.82, 2.24) is 29.9 Å². The average molecular weight is 890 g/mol. The number of anilines is 5. The van der Waals surface area contributed by atoms with Crippen molar-refractivity contribution in [3.05, 3.63) is 81.9 Å². The molecule has 60 heavy (non-hydrogen) atoms. The van der Waals surface area contributed by atoms with Gasteiger partial charge in [0, 0.05) is 102 Å². The standard InChI is InChI=1S/C28H27F2N7O3.C13H10BrF2N3O/c1-16-26(25-19(29)12-21(30)34-27(25)35-28(16)37-7-3-4-24(37)38)33-20-13-22(36-8-10-40-11-9-36)31-15-18(20)17-5-6-23(39-2)32-14-17;1-6-11(14)10-7(15)5-8(16)17-12(10)18-13(6)19-4-2-3-9(19)20/h5-6,12-15H,3-4,7-11H2,1-2H3,(H,31,33,34,35);5H,2-4H2,1H3. The number of methoxy groups -OCH3 is 1. The first-order valence-corrected chi connectivity index (χ1v) is 19.9. The molecular weight excluding hydrogens is 852 g/mol. The molecule has 14 nitrogen and oxygen atoms in total. The third-order valence-electron chi connectivity index (χ3n) is 10.5. The molecule has 3 fully saturated rings. The van der Waals surface area contributed by atoms with Crippen LogP contribution in [0, 0.1) is 37.4 Å². The Hall–Kier alpha value is -6.08. The molecule has 0 radical (unpaired) electrons. The van der Waals surface area contributed by atoms with Gasteiger partial charge in [0.15, 0.2) is 11.3 Å². The first-order valence-electron chi connectivity index (χ1n) is 19.1. The highest BCUT2D eigenvalue weighted by atomic mass is 79.9. The number of nitrogens with zero attached hydrogens (tertiary/aromatic N) is 9. The predicted molar refractivity (Wildman–Crippen MR) is 220 cm³/mol. The topological polar surface area (TPSA) is 152 Å². The number of morpholine rings is 1. The second kappa shape index (κ2) is 16.9. The Labute approximate surface area is 349 Å². The monoisotopic (exact) mass is 888 g/mol. The van der Waals surface area contributed by atoms with E-state index in [4.69, 9.17) is 14.5 Å². The third-order valence-corrected chi connectivity index (χ3v) is 11.5. The number of rotatable bonds is 7. The van der Waals surface area contributed by atoms with Gasteiger partial charge in [-0.3, -0.25) is 19.4 Å². The summed E-state index contributed by atoms with van der Waals surface area (Å²) in [7, 11) is 1.54. The Morgan fingerprint density at radius 3 is 1.92 bits per heavy atom. The molecule has 0 unspecified atom stereocenters. The van der Waals surface area contributed by atoms with Crippen molar-refractivity contribution in [2.45, 2.75) is 39.5 Å². The van der Waals surface area contributed by atoms with Crippen LogP contribution >= 0.6 is 15.9 Å². The van der Waals surface area contributed by atoms with Gasteiger partial charge < -0.3 is 19.7 Å². The number of hydrogen-bond acceptors (Lipinski definition) is 12. The molecule has 3 aliphatic rings. The maximum Gasteiger partial charge on any atom is 0.228 e. The Morgan fingerprint density at radius 2 is 1.35 bits per heavy atom. The number of carbonyl (C=O) groups excluding carboxylic acids is 2. The molecule has 6 aromatic heterocycles. The van der Waals surface area contributed by atoms with Gasteiger partial charge in [-0.1, -0.05) is 0 Å². The number of pyridine rings is 6. The third kappa shape index (κ3) is 7.85. The zero-order valence-electron chi connectivity index (χ0n) is 32.7. The van der Waals surface area contributed by atoms with E-state index in [1.165, 1.54) is 4.90 Å². The summed E-state index contributed by atoms with van der Waals surface area (Å²) in [4.78, 5) is 54.7. The van der Waals surface area contributed by atoms with Crippen LogP contribution in [0.3, 0.4) is 0 Å². The number of halogens is 5. The molecule has 9 heterocycles. The van der Waals surface area contributed by atoms with Crippen LogP contribution in [0.2, 0.25) is 0 Å². The molecule has 0 atom stereocenters. The van der Waals surface area contributed by atoms with Crippen LogP contribution in [-0.4, -0.2) is 88.2 Å². The summed E-state index contributed by atoms with van der Waals surface area (Å²) in [6.07, 6.45) is 5.66. The van der Waals surface area contributed by atoms with E-state index >= 15 is 4.39 Å². The van der Waals surface area contributed by atoms with Crippen molar-refractivity contribution in [2.75, 3.05) is 66.5 Å². The summed E-state index contributed by atoms with van der Waals surface area (Å²) >= 11 is 3.29. The van der Waals surface area contributed by atoms with E-state index in [2.05, 4.69) is 51.1 Å². The van der Waals surface area contributed by atoms with E-state index in [1.54, 1.807) is 44.3 Å². The predicted octanol–water partition coefficient (Wildman–Crippen LogP) is 7.49. The molecular formula is C41H37BrF4N10O4. The second-order valence-electron chi connectivity index (χ2n) is 14.3. The van der Waals surface area contributed by atoms with E-state index in [9.17, 15) is 22.8 Å². The molecule has 2 amide bonds. The Morgan fingerprint density at radius 1 is 0.750 bits per heavy atom. The summed E-state index contributed by atoms with van der Waals surface area (Å²) in [6.45, 7) is 7.03. The van der Waals surface area contributed by atoms with Crippen molar-refractivity contribution in [1.29, 1.82) is 0 Å². The lowest BCUT2D eigenvalue weighted by molar-refractivity contribution is -0.117. The highest BCUT2D eigenvalue weighted by Gasteiger charge is 2.29. The lowest BCUT2D eigenvalue weighted by atomic mass is 10.1. The average Bonchev–Trinajstić information content (AvgIpc) is 3.87. The largest absolute Gasteiger partial charge is 0.481 e. The van der Waals surface area contributed by atoms with Crippen LogP contribution in [0.25, 0.3) is 33.2 Å². The van der Waals surface area contributed by atoms with Crippen LogP contribution in [0.15, 0.2) is 47.2 Å². The molecule has 0 saturated carbocycles. The fraction of sp³-hybridized carbons (Fsp3) is 0.317. The number of fused-ring (bicyclic) bond motifs is 2. The van der Waals surface area contributed by atoms with Crippen LogP contribution in [0.1, 0.15) is 36.8 Å². The van der Waals surface area contributed by atoms with Crippen molar-refractivity contribution in [2.24, 2.45) is 0 Å². The van der Waals surface area contributed by atoms with Gasteiger partial charge in [-0.25, -0.2) is 28.7 Å². The highest BCUT2D eigenvalue weighted by Crippen LogP contribution is 2.40. The van der Waals surface area contributed by atoms with Gasteiger partial charge in [0.1, 0.15) is 29.1 Å². The van der Waals surface area contributed by atoms with Gasteiger partial charge in [0.2, 0.25) is 29.6 Å². The second-order valence-corrected chi connectivity index (χ2v) is 15.1. The molecule has 0 spiro atoms. The number of ether oxygens (including phenoxy) is 2. The molecule has 3 saturated heterocycles. The highest BCUT2D eigenvalue weighted by molar-refractivity contribution is 9.10. The normalized spacial score (nSPS) is 15.6. The fourth-order valence-corrected chi connectivity index (χ4v) is 8.00. The van der Waals surface area contributed by atoms with E-state index in [1.807, 2.05) is 12.1 Å². The Bertz CT molecular complexity index is 2670. The van der Waals surface area contributed by atoms with E-state index in [-0.39, 0.29) is 33.9 Å². The summed E-state index contributed by atoms with van der Waals surface area (Å²) < 4.78 is 67.8. The van der Waals surface area contributed by atoms with Crippen molar-refractivity contribution in [3.8, 4) is 17.0 Å². The molecule has 6 aromatic rings. The zero-order valence-corrected chi connectivity index (χ0v) is 34.2. The first-order chi connectivity index (χ1) is 28.9. The summed E-state index contributed by atoms with van der Waals surface area (Å²) in [5.41, 5.74) is 3.41. The smallest absolute Gasteiger partial charge is 0.228 e. The molecule has 19 heteroatoms. The minimum Gasteiger partial charge on any atom is -0.481 e. The lowest BCUT2D eigenvalue weighted by Crippen LogP contribution is -2.36. The van der Waals surface area contributed by atoms with Crippen molar-refractivity contribution in [3.63, 3.8) is 0 Å². The van der Waals surface area contributed by atoms with Gasteiger partial charge in [0.25, 0.3) is 0 Å². The fourth-order valence-electron chi connectivity index (χ4n) is 7.46. The van der Waals surface area contributed by atoms with Gasteiger partial charge >= 0.3 is 0 Å². The Balaban J connectivity index is 0.000000208. The SMILES string of the molecule is COc1ccc(-c2cnc(N3CCOCC3)cc2Nc2c(C)c(N3CCCC3=O)nc3nc(F)cc(F)c23)cn1.Cc1c(N2CCCC2=O)nc2nc(F)cc(F)c2c1Br. The summed E-state index contributed by atoms with van der Waals surface area (Å²) in [5.74, 6) is -1.69. The van der Waals surface area contributed by atoms with E-state index < -0.39 is 23.5 Å². The van der Waals surface area contributed by atoms with Crippen molar-refractivity contribution >= 4 is 78.6 Å². The molecule has 3 aliphatic heterocycles. The van der Waals surface area contributed by atoms with Gasteiger partial charge in [-0.05, 0) is 48.7 Å². The summed E-state index contributed by atoms with van der Waals surface area (Å²) in [6, 6.07) is 6.92. The summed E-state index contributed by atoms with van der Waals surface area (Å²) in [5, 5.41) is 3.54. The molecule has 1 N–H and O–H groups in total. The van der Waals surface area contributed by atoms with Crippen LogP contribution < -0.4 is 24.8 Å². The number of nitrogens with one attached hydrogen (secondary N) is 1. The molecule has 0 bridgehead atoms. The number of amides is 2. The first kappa shape index (κ1) is 40.7. The molecule has 9 rings (SSSR count). The minimum absolute atomic E-state index is 0.0258. The molecule has 310 valence electrons. The Kier molecular flexibility index (Phi) is 11.4. The van der Waals surface area contributed by atoms with E-state index in [0.717, 1.165) is 24.1 Å². The molecule has 0 aliphatic carbocycles. The molecule has 0 aromatic carbocycles. The van der Waals surface area contributed by atoms with Crippen LogP contribution in [0.4, 0.5) is 46.4 Å². The lowest BCUT2D eigenvalue weighted by Gasteiger charge is -2.29. The van der Waals surface area contributed by atoms with Gasteiger partial charge in [-0.2, -0.15) is 18.7 Å². The van der Waals surface area contributed by atoms with Gasteiger partial charge in [-0.15, -0.1) is 0 Å². The maximum atomic E-state index is 15.4. The number of aromatic nitrogens is 6. The number of hydrogen-bond donors (Lipinski definition) is 1. The maximum absolute atomic E-state index is 15.4. The number of carbonyl (C=O) groups is 2. The zero-order chi connectivity index (χ0) is 42.2. The van der Waals surface area contributed by atoms with Gasteiger partial charge in [0.05, 0.1) is 42.5 Å². The van der Waals surface area contributed by atoms with Crippen LogP contribution in [-0.2, 0) is 14.3 Å². The quantitative estimate of drug-likeness (QED) is 0.125.